The van der Waals surface area contributed by atoms with Crippen molar-refractivity contribution in [3.63, 3.8) is 0 Å². The maximum Gasteiger partial charge on any atom is 0.319 e. The molecule has 1 N–H and O–H groups in total. The maximum absolute atomic E-state index is 12.6. The summed E-state index contributed by atoms with van der Waals surface area (Å²) in [5.74, 6) is -0.0251. The first-order valence-corrected chi connectivity index (χ1v) is 9.08. The van der Waals surface area contributed by atoms with Crippen molar-refractivity contribution in [1.82, 2.24) is 5.32 Å². The molecule has 0 aromatic carbocycles. The lowest BCUT2D eigenvalue weighted by Gasteiger charge is -2.40. The Balaban J connectivity index is 4.20. The van der Waals surface area contributed by atoms with Crippen molar-refractivity contribution < 1.29 is 19.1 Å². The lowest BCUT2D eigenvalue weighted by Crippen LogP contribution is -2.43. The summed E-state index contributed by atoms with van der Waals surface area (Å²) in [7, 11) is 0. The van der Waals surface area contributed by atoms with Gasteiger partial charge in [-0.15, -0.1) is 0 Å². The Morgan fingerprint density at radius 3 is 2.17 bits per heavy atom. The molecule has 5 nitrogen and oxygen atoms in total. The number of hydrogen-bond acceptors (Lipinski definition) is 5. The van der Waals surface area contributed by atoms with E-state index in [-0.39, 0.29) is 30.5 Å². The van der Waals surface area contributed by atoms with Crippen molar-refractivity contribution in [3.05, 3.63) is 0 Å². The fraction of sp³-hybridized carbons (Fsp3) is 0.895. The van der Waals surface area contributed by atoms with Gasteiger partial charge in [-0.2, -0.15) is 0 Å². The van der Waals surface area contributed by atoms with Crippen LogP contribution in [0.3, 0.4) is 0 Å². The normalized spacial score (nSPS) is 14.3. The topological polar surface area (TPSA) is 64.6 Å². The van der Waals surface area contributed by atoms with Gasteiger partial charge in [-0.25, -0.2) is 0 Å². The van der Waals surface area contributed by atoms with Crippen LogP contribution in [0.1, 0.15) is 67.7 Å². The zero-order valence-corrected chi connectivity index (χ0v) is 16.7. The molecule has 0 aromatic rings. The average molecular weight is 344 g/mol. The number of carbonyl (C=O) groups is 2. The van der Waals surface area contributed by atoms with Gasteiger partial charge in [0.15, 0.2) is 0 Å². The fourth-order valence-corrected chi connectivity index (χ4v) is 2.46. The predicted octanol–water partition coefficient (Wildman–Crippen LogP) is 3.56. The third-order valence-electron chi connectivity index (χ3n) is 4.46. The van der Waals surface area contributed by atoms with E-state index in [1.165, 1.54) is 0 Å². The highest BCUT2D eigenvalue weighted by molar-refractivity contribution is 5.77. The van der Waals surface area contributed by atoms with Gasteiger partial charge in [0, 0.05) is 6.54 Å². The summed E-state index contributed by atoms with van der Waals surface area (Å²) in [5, 5.41) is 2.95. The van der Waals surface area contributed by atoms with Gasteiger partial charge >= 0.3 is 11.9 Å². The molecule has 0 heterocycles. The van der Waals surface area contributed by atoms with Crippen LogP contribution in [0.15, 0.2) is 0 Å². The molecular formula is C19H37NO4. The Morgan fingerprint density at radius 2 is 1.67 bits per heavy atom. The molecule has 0 rings (SSSR count). The molecule has 0 aliphatic heterocycles. The highest BCUT2D eigenvalue weighted by Gasteiger charge is 2.45. The Hall–Kier alpha value is -1.10. The summed E-state index contributed by atoms with van der Waals surface area (Å²) in [6, 6.07) is 0. The number of hydrogen-bond donors (Lipinski definition) is 1. The first-order valence-electron chi connectivity index (χ1n) is 9.08. The SMILES string of the molecule is CCCCOC(=O)CNCCOC(=O)C(C)(CC(C)C)C(C)(C)C. The molecule has 0 bridgehead atoms. The highest BCUT2D eigenvalue weighted by Crippen LogP contribution is 2.44. The van der Waals surface area contributed by atoms with Crippen molar-refractivity contribution in [3.8, 4) is 0 Å². The van der Waals surface area contributed by atoms with Gasteiger partial charge in [0.1, 0.15) is 6.61 Å². The minimum atomic E-state index is -0.528. The smallest absolute Gasteiger partial charge is 0.319 e. The lowest BCUT2D eigenvalue weighted by atomic mass is 9.64. The van der Waals surface area contributed by atoms with Crippen molar-refractivity contribution in [2.45, 2.75) is 67.7 Å². The number of nitrogens with one attached hydrogen (secondary N) is 1. The maximum atomic E-state index is 12.6. The number of ether oxygens (including phenoxy) is 2. The molecule has 0 aromatic heterocycles. The van der Waals surface area contributed by atoms with Gasteiger partial charge in [-0.1, -0.05) is 48.0 Å². The summed E-state index contributed by atoms with van der Waals surface area (Å²) >= 11 is 0. The second kappa shape index (κ2) is 10.7. The largest absolute Gasteiger partial charge is 0.465 e. The van der Waals surface area contributed by atoms with Crippen LogP contribution in [0.4, 0.5) is 0 Å². The van der Waals surface area contributed by atoms with E-state index in [2.05, 4.69) is 39.9 Å². The third-order valence-corrected chi connectivity index (χ3v) is 4.46. The fourth-order valence-electron chi connectivity index (χ4n) is 2.46. The average Bonchev–Trinajstić information content (AvgIpc) is 2.44. The summed E-state index contributed by atoms with van der Waals surface area (Å²) in [4.78, 5) is 24.0. The zero-order chi connectivity index (χ0) is 18.8. The molecule has 0 fully saturated rings. The second-order valence-electron chi connectivity index (χ2n) is 8.07. The van der Waals surface area contributed by atoms with Gasteiger partial charge in [0.2, 0.25) is 0 Å². The van der Waals surface area contributed by atoms with E-state index in [0.29, 0.717) is 19.1 Å². The molecule has 0 spiro atoms. The van der Waals surface area contributed by atoms with E-state index in [1.54, 1.807) is 0 Å². The number of unbranched alkanes of at least 4 members (excludes halogenated alkanes) is 1. The molecule has 0 radical (unpaired) electrons. The summed E-state index contributed by atoms with van der Waals surface area (Å²) in [5.41, 5.74) is -0.703. The molecule has 24 heavy (non-hydrogen) atoms. The number of rotatable bonds is 11. The first kappa shape index (κ1) is 22.9. The van der Waals surface area contributed by atoms with Crippen molar-refractivity contribution in [2.75, 3.05) is 26.3 Å². The van der Waals surface area contributed by atoms with Crippen LogP contribution in [-0.2, 0) is 19.1 Å². The molecule has 0 amide bonds. The minimum Gasteiger partial charge on any atom is -0.465 e. The Morgan fingerprint density at radius 1 is 1.04 bits per heavy atom. The monoisotopic (exact) mass is 343 g/mol. The second-order valence-corrected chi connectivity index (χ2v) is 8.07. The van der Waals surface area contributed by atoms with Crippen LogP contribution < -0.4 is 5.32 Å². The quantitative estimate of drug-likeness (QED) is 0.459. The molecule has 0 saturated heterocycles. The van der Waals surface area contributed by atoms with Gasteiger partial charge in [0.25, 0.3) is 0 Å². The molecule has 0 saturated carbocycles. The van der Waals surface area contributed by atoms with Crippen molar-refractivity contribution in [2.24, 2.45) is 16.7 Å². The zero-order valence-electron chi connectivity index (χ0n) is 16.7. The lowest BCUT2D eigenvalue weighted by molar-refractivity contribution is -0.163. The predicted molar refractivity (Wildman–Crippen MR) is 96.7 cm³/mol. The van der Waals surface area contributed by atoms with Crippen molar-refractivity contribution >= 4 is 11.9 Å². The summed E-state index contributed by atoms with van der Waals surface area (Å²) < 4.78 is 10.5. The van der Waals surface area contributed by atoms with Crippen LogP contribution in [0, 0.1) is 16.7 Å². The Labute approximate surface area is 147 Å². The molecule has 1 unspecified atom stereocenters. The molecule has 0 aliphatic carbocycles. The summed E-state index contributed by atoms with van der Waals surface area (Å²) in [6.07, 6.45) is 2.66. The van der Waals surface area contributed by atoms with Gasteiger partial charge in [-0.05, 0) is 31.1 Å². The Bertz CT molecular complexity index is 387. The van der Waals surface area contributed by atoms with E-state index in [4.69, 9.17) is 9.47 Å². The highest BCUT2D eigenvalue weighted by atomic mass is 16.5. The van der Waals surface area contributed by atoms with Crippen LogP contribution in [0.25, 0.3) is 0 Å². The minimum absolute atomic E-state index is 0.143. The van der Waals surface area contributed by atoms with E-state index >= 15 is 0 Å². The number of esters is 2. The number of carbonyl (C=O) groups excluding carboxylic acids is 2. The van der Waals surface area contributed by atoms with Gasteiger partial charge in [0.05, 0.1) is 18.6 Å². The molecular weight excluding hydrogens is 306 g/mol. The van der Waals surface area contributed by atoms with E-state index in [9.17, 15) is 9.59 Å². The Kier molecular flexibility index (Phi) is 10.2. The van der Waals surface area contributed by atoms with Crippen LogP contribution >= 0.6 is 0 Å². The van der Waals surface area contributed by atoms with E-state index < -0.39 is 5.41 Å². The standard InChI is InChI=1S/C19H37NO4/c1-8-9-11-23-16(21)14-20-10-12-24-17(22)19(7,13-15(2)3)18(4,5)6/h15,20H,8-14H2,1-7H3. The van der Waals surface area contributed by atoms with E-state index in [1.807, 2.05) is 13.8 Å². The first-order chi connectivity index (χ1) is 11.0. The van der Waals surface area contributed by atoms with Crippen LogP contribution in [-0.4, -0.2) is 38.2 Å². The third kappa shape index (κ3) is 8.13. The molecule has 5 heteroatoms. The van der Waals surface area contributed by atoms with Crippen LogP contribution in [0.5, 0.6) is 0 Å². The van der Waals surface area contributed by atoms with Gasteiger partial charge in [-0.3, -0.25) is 9.59 Å². The molecule has 0 aliphatic rings. The van der Waals surface area contributed by atoms with Crippen LogP contribution in [0.2, 0.25) is 0 Å². The molecule has 1 atom stereocenters. The van der Waals surface area contributed by atoms with Gasteiger partial charge < -0.3 is 14.8 Å². The van der Waals surface area contributed by atoms with E-state index in [0.717, 1.165) is 19.3 Å². The van der Waals surface area contributed by atoms with Crippen molar-refractivity contribution in [1.29, 1.82) is 0 Å². The summed E-state index contributed by atoms with van der Waals surface area (Å²) in [6.45, 7) is 15.8. The molecule has 142 valence electrons.